The minimum absolute atomic E-state index is 0.153. The fourth-order valence-corrected chi connectivity index (χ4v) is 3.28. The van der Waals surface area contributed by atoms with E-state index >= 15 is 0 Å². The van der Waals surface area contributed by atoms with Crippen molar-refractivity contribution < 1.29 is 9.59 Å². The first-order valence-corrected chi connectivity index (χ1v) is 8.78. The van der Waals surface area contributed by atoms with Crippen molar-refractivity contribution in [3.05, 3.63) is 58.1 Å². The summed E-state index contributed by atoms with van der Waals surface area (Å²) in [7, 11) is 0. The van der Waals surface area contributed by atoms with Crippen molar-refractivity contribution in [3.8, 4) is 0 Å². The molecule has 0 saturated heterocycles. The smallest absolute Gasteiger partial charge is 0.236 e. The van der Waals surface area contributed by atoms with Crippen LogP contribution in [0, 0.1) is 6.92 Å². The Morgan fingerprint density at radius 2 is 2.00 bits per heavy atom. The standard InChI is InChI=1S/C19H19BrN2O2/c1-13-8-9-15(11-16(13)20)21-18(23)12-19(24)22-10-4-6-14-5-2-3-7-17(14)22/h2-3,5,7-9,11H,4,6,10,12H2,1H3,(H,21,23). The lowest BCUT2D eigenvalue weighted by Gasteiger charge is -2.29. The fourth-order valence-electron chi connectivity index (χ4n) is 2.90. The van der Waals surface area contributed by atoms with E-state index in [0.29, 0.717) is 12.2 Å². The van der Waals surface area contributed by atoms with Crippen LogP contribution < -0.4 is 10.2 Å². The molecule has 1 aliphatic heterocycles. The van der Waals surface area contributed by atoms with Gasteiger partial charge in [0.05, 0.1) is 0 Å². The topological polar surface area (TPSA) is 49.4 Å². The van der Waals surface area contributed by atoms with Crippen molar-refractivity contribution in [2.45, 2.75) is 26.2 Å². The molecule has 4 nitrogen and oxygen atoms in total. The van der Waals surface area contributed by atoms with Gasteiger partial charge in [0.15, 0.2) is 0 Å². The summed E-state index contributed by atoms with van der Waals surface area (Å²) >= 11 is 3.44. The van der Waals surface area contributed by atoms with Gasteiger partial charge in [-0.1, -0.05) is 40.2 Å². The van der Waals surface area contributed by atoms with Crippen LogP contribution in [-0.2, 0) is 16.0 Å². The van der Waals surface area contributed by atoms with Gasteiger partial charge in [-0.25, -0.2) is 0 Å². The second-order valence-electron chi connectivity index (χ2n) is 5.97. The van der Waals surface area contributed by atoms with Crippen LogP contribution in [0.1, 0.15) is 24.0 Å². The Kier molecular flexibility index (Phi) is 5.00. The molecule has 3 rings (SSSR count). The molecule has 0 saturated carbocycles. The number of rotatable bonds is 3. The number of benzene rings is 2. The number of nitrogens with zero attached hydrogens (tertiary/aromatic N) is 1. The summed E-state index contributed by atoms with van der Waals surface area (Å²) in [5.41, 5.74) is 3.87. The van der Waals surface area contributed by atoms with E-state index in [1.54, 1.807) is 4.90 Å². The lowest BCUT2D eigenvalue weighted by Crippen LogP contribution is -2.37. The van der Waals surface area contributed by atoms with Crippen molar-refractivity contribution in [3.63, 3.8) is 0 Å². The van der Waals surface area contributed by atoms with E-state index in [2.05, 4.69) is 21.2 Å². The molecule has 1 aliphatic rings. The number of amides is 2. The Morgan fingerprint density at radius 3 is 2.79 bits per heavy atom. The number of carbonyl (C=O) groups is 2. The first-order chi connectivity index (χ1) is 11.5. The van der Waals surface area contributed by atoms with Crippen LogP contribution in [0.15, 0.2) is 46.9 Å². The highest BCUT2D eigenvalue weighted by molar-refractivity contribution is 9.10. The van der Waals surface area contributed by atoms with Gasteiger partial charge in [0.25, 0.3) is 0 Å². The van der Waals surface area contributed by atoms with Gasteiger partial charge in [0, 0.05) is 22.4 Å². The number of halogens is 1. The largest absolute Gasteiger partial charge is 0.326 e. The zero-order chi connectivity index (χ0) is 17.1. The summed E-state index contributed by atoms with van der Waals surface area (Å²) in [5.74, 6) is -0.454. The number of hydrogen-bond acceptors (Lipinski definition) is 2. The predicted molar refractivity (Wildman–Crippen MR) is 99.2 cm³/mol. The van der Waals surface area contributed by atoms with Crippen molar-refractivity contribution in [2.75, 3.05) is 16.8 Å². The molecule has 124 valence electrons. The van der Waals surface area contributed by atoms with E-state index in [0.717, 1.165) is 28.6 Å². The third-order valence-electron chi connectivity index (χ3n) is 4.18. The Hall–Kier alpha value is -2.14. The molecule has 0 radical (unpaired) electrons. The van der Waals surface area contributed by atoms with Crippen molar-refractivity contribution in [1.29, 1.82) is 0 Å². The molecular weight excluding hydrogens is 368 g/mol. The highest BCUT2D eigenvalue weighted by atomic mass is 79.9. The molecule has 2 aromatic rings. The van der Waals surface area contributed by atoms with Gasteiger partial charge in [-0.15, -0.1) is 0 Å². The number of aryl methyl sites for hydroxylation is 2. The minimum Gasteiger partial charge on any atom is -0.326 e. The molecule has 1 N–H and O–H groups in total. The third kappa shape index (κ3) is 3.67. The summed E-state index contributed by atoms with van der Waals surface area (Å²) in [6.45, 7) is 2.65. The average Bonchev–Trinajstić information content (AvgIpc) is 2.57. The number of nitrogens with one attached hydrogen (secondary N) is 1. The van der Waals surface area contributed by atoms with Crippen LogP contribution in [0.3, 0.4) is 0 Å². The molecule has 0 atom stereocenters. The van der Waals surface area contributed by atoms with Crippen molar-refractivity contribution in [1.82, 2.24) is 0 Å². The van der Waals surface area contributed by atoms with Crippen LogP contribution in [0.25, 0.3) is 0 Å². The monoisotopic (exact) mass is 386 g/mol. The Balaban J connectivity index is 1.67. The first-order valence-electron chi connectivity index (χ1n) is 7.99. The number of fused-ring (bicyclic) bond motifs is 1. The highest BCUT2D eigenvalue weighted by Gasteiger charge is 2.23. The maximum absolute atomic E-state index is 12.5. The van der Waals surface area contributed by atoms with Crippen LogP contribution >= 0.6 is 15.9 Å². The Bertz CT molecular complexity index is 789. The normalized spacial score (nSPS) is 13.3. The molecule has 0 aromatic heterocycles. The van der Waals surface area contributed by atoms with Gasteiger partial charge < -0.3 is 10.2 Å². The van der Waals surface area contributed by atoms with Gasteiger partial charge in [-0.05, 0) is 49.1 Å². The van der Waals surface area contributed by atoms with Crippen LogP contribution in [0.2, 0.25) is 0 Å². The maximum atomic E-state index is 12.5. The van der Waals surface area contributed by atoms with Gasteiger partial charge in [0.2, 0.25) is 11.8 Å². The number of hydrogen-bond donors (Lipinski definition) is 1. The fraction of sp³-hybridized carbons (Fsp3) is 0.263. The molecule has 1 heterocycles. The summed E-state index contributed by atoms with van der Waals surface area (Å²) in [6.07, 6.45) is 1.75. The van der Waals surface area contributed by atoms with Crippen molar-refractivity contribution >= 4 is 39.1 Å². The van der Waals surface area contributed by atoms with Crippen LogP contribution in [0.4, 0.5) is 11.4 Å². The van der Waals surface area contributed by atoms with E-state index < -0.39 is 0 Å². The zero-order valence-corrected chi connectivity index (χ0v) is 15.1. The summed E-state index contributed by atoms with van der Waals surface area (Å²) in [6, 6.07) is 13.5. The lowest BCUT2D eigenvalue weighted by atomic mass is 10.0. The lowest BCUT2D eigenvalue weighted by molar-refractivity contribution is -0.125. The Morgan fingerprint density at radius 1 is 1.21 bits per heavy atom. The molecule has 0 bridgehead atoms. The van der Waals surface area contributed by atoms with Crippen molar-refractivity contribution in [2.24, 2.45) is 0 Å². The maximum Gasteiger partial charge on any atom is 0.236 e. The molecule has 0 aliphatic carbocycles. The second kappa shape index (κ2) is 7.18. The average molecular weight is 387 g/mol. The van der Waals surface area contributed by atoms with Gasteiger partial charge >= 0.3 is 0 Å². The molecule has 0 unspecified atom stereocenters. The van der Waals surface area contributed by atoms with Gasteiger partial charge in [-0.2, -0.15) is 0 Å². The van der Waals surface area contributed by atoms with E-state index in [-0.39, 0.29) is 18.2 Å². The summed E-state index contributed by atoms with van der Waals surface area (Å²) in [4.78, 5) is 26.5. The molecule has 0 fully saturated rings. The molecule has 2 amide bonds. The number of anilines is 2. The second-order valence-corrected chi connectivity index (χ2v) is 6.82. The quantitative estimate of drug-likeness (QED) is 0.808. The van der Waals surface area contributed by atoms with E-state index in [1.165, 1.54) is 5.56 Å². The van der Waals surface area contributed by atoms with Gasteiger partial charge in [0.1, 0.15) is 6.42 Å². The first kappa shape index (κ1) is 16.7. The minimum atomic E-state index is -0.293. The Labute approximate surface area is 150 Å². The van der Waals surface area contributed by atoms with Gasteiger partial charge in [-0.3, -0.25) is 9.59 Å². The predicted octanol–water partition coefficient (Wildman–Crippen LogP) is 4.07. The summed E-state index contributed by atoms with van der Waals surface area (Å²) in [5, 5.41) is 2.79. The molecule has 24 heavy (non-hydrogen) atoms. The summed E-state index contributed by atoms with van der Waals surface area (Å²) < 4.78 is 0.927. The molecule has 0 spiro atoms. The SMILES string of the molecule is Cc1ccc(NC(=O)CC(=O)N2CCCc3ccccc32)cc1Br. The highest BCUT2D eigenvalue weighted by Crippen LogP contribution is 2.27. The van der Waals surface area contributed by atoms with Crippen LogP contribution in [-0.4, -0.2) is 18.4 Å². The third-order valence-corrected chi connectivity index (χ3v) is 5.03. The number of carbonyl (C=O) groups excluding carboxylic acids is 2. The number of para-hydroxylation sites is 1. The molecular formula is C19H19BrN2O2. The van der Waals surface area contributed by atoms with Crippen LogP contribution in [0.5, 0.6) is 0 Å². The molecule has 2 aromatic carbocycles. The van der Waals surface area contributed by atoms with E-state index in [1.807, 2.05) is 49.4 Å². The van der Waals surface area contributed by atoms with E-state index in [9.17, 15) is 9.59 Å². The van der Waals surface area contributed by atoms with E-state index in [4.69, 9.17) is 0 Å². The zero-order valence-electron chi connectivity index (χ0n) is 13.5. The molecule has 5 heteroatoms.